The highest BCUT2D eigenvalue weighted by molar-refractivity contribution is 5.94. The Labute approximate surface area is 100 Å². The summed E-state index contributed by atoms with van der Waals surface area (Å²) in [5.74, 6) is 0.714. The fraction of sp³-hybridized carbons (Fsp3) is 0.231. The average molecular weight is 229 g/mol. The van der Waals surface area contributed by atoms with E-state index in [0.717, 1.165) is 12.2 Å². The molecule has 0 aliphatic heterocycles. The van der Waals surface area contributed by atoms with Crippen LogP contribution in [0.3, 0.4) is 0 Å². The van der Waals surface area contributed by atoms with Crippen molar-refractivity contribution in [2.75, 3.05) is 0 Å². The first kappa shape index (κ1) is 11.4. The minimum absolute atomic E-state index is 0.0716. The molecule has 1 atom stereocenters. The number of carbonyl (C=O) groups excluding carboxylic acids is 1. The Hall–Kier alpha value is -2.10. The predicted octanol–water partition coefficient (Wildman–Crippen LogP) is 2.29. The number of aromatic amines is 1. The van der Waals surface area contributed by atoms with Gasteiger partial charge in [-0.15, -0.1) is 0 Å². The summed E-state index contributed by atoms with van der Waals surface area (Å²) in [5, 5.41) is 2.95. The monoisotopic (exact) mass is 229 g/mol. The number of hydrogen-bond donors (Lipinski definition) is 2. The van der Waals surface area contributed by atoms with Crippen LogP contribution in [0.15, 0.2) is 42.7 Å². The molecule has 2 rings (SSSR count). The Balaban J connectivity index is 2.08. The third-order valence-corrected chi connectivity index (χ3v) is 2.60. The van der Waals surface area contributed by atoms with Gasteiger partial charge in [-0.25, -0.2) is 4.98 Å². The number of benzene rings is 1. The lowest BCUT2D eigenvalue weighted by atomic mass is 10.1. The number of nitrogens with zero attached hydrogens (tertiary/aromatic N) is 1. The molecule has 0 fully saturated rings. The van der Waals surface area contributed by atoms with E-state index in [0.29, 0.717) is 5.56 Å². The quantitative estimate of drug-likeness (QED) is 0.845. The Bertz CT molecular complexity index is 465. The van der Waals surface area contributed by atoms with Gasteiger partial charge in [0.25, 0.3) is 5.91 Å². The fourth-order valence-electron chi connectivity index (χ4n) is 1.66. The standard InChI is InChI=1S/C13H15N3O/c1-2-11(12-14-8-9-15-12)16-13(17)10-6-4-3-5-7-10/h3-9,11H,2H2,1H3,(H,14,15)(H,16,17). The number of carbonyl (C=O) groups is 1. The van der Waals surface area contributed by atoms with Gasteiger partial charge < -0.3 is 10.3 Å². The molecule has 17 heavy (non-hydrogen) atoms. The molecule has 1 heterocycles. The smallest absolute Gasteiger partial charge is 0.251 e. The zero-order valence-electron chi connectivity index (χ0n) is 9.68. The van der Waals surface area contributed by atoms with E-state index in [1.807, 2.05) is 25.1 Å². The maximum absolute atomic E-state index is 12.0. The van der Waals surface area contributed by atoms with Crippen molar-refractivity contribution in [1.82, 2.24) is 15.3 Å². The second-order valence-electron chi connectivity index (χ2n) is 3.77. The number of aromatic nitrogens is 2. The van der Waals surface area contributed by atoms with E-state index in [1.54, 1.807) is 24.5 Å². The summed E-state index contributed by atoms with van der Waals surface area (Å²) in [6, 6.07) is 9.11. The van der Waals surface area contributed by atoms with E-state index in [-0.39, 0.29) is 11.9 Å². The van der Waals surface area contributed by atoms with E-state index in [9.17, 15) is 4.79 Å². The van der Waals surface area contributed by atoms with Crippen LogP contribution in [-0.2, 0) is 0 Å². The molecule has 4 nitrogen and oxygen atoms in total. The average Bonchev–Trinajstić information content (AvgIpc) is 2.90. The van der Waals surface area contributed by atoms with Crippen LogP contribution in [0.5, 0.6) is 0 Å². The van der Waals surface area contributed by atoms with E-state index in [2.05, 4.69) is 15.3 Å². The third kappa shape index (κ3) is 2.72. The first-order valence-corrected chi connectivity index (χ1v) is 5.66. The predicted molar refractivity (Wildman–Crippen MR) is 65.5 cm³/mol. The normalized spacial score (nSPS) is 12.1. The molecule has 0 radical (unpaired) electrons. The van der Waals surface area contributed by atoms with Gasteiger partial charge in [-0.1, -0.05) is 25.1 Å². The maximum Gasteiger partial charge on any atom is 0.251 e. The van der Waals surface area contributed by atoms with Gasteiger partial charge in [0.2, 0.25) is 0 Å². The zero-order chi connectivity index (χ0) is 12.1. The van der Waals surface area contributed by atoms with Gasteiger partial charge in [0.1, 0.15) is 5.82 Å². The van der Waals surface area contributed by atoms with E-state index >= 15 is 0 Å². The lowest BCUT2D eigenvalue weighted by Crippen LogP contribution is -2.28. The van der Waals surface area contributed by atoms with Crippen molar-refractivity contribution in [3.8, 4) is 0 Å². The lowest BCUT2D eigenvalue weighted by Gasteiger charge is -2.14. The van der Waals surface area contributed by atoms with E-state index < -0.39 is 0 Å². The van der Waals surface area contributed by atoms with Crippen molar-refractivity contribution < 1.29 is 4.79 Å². The van der Waals surface area contributed by atoms with Crippen molar-refractivity contribution in [3.63, 3.8) is 0 Å². The summed E-state index contributed by atoms with van der Waals surface area (Å²) in [7, 11) is 0. The molecule has 88 valence electrons. The third-order valence-electron chi connectivity index (χ3n) is 2.60. The van der Waals surface area contributed by atoms with Crippen LogP contribution in [-0.4, -0.2) is 15.9 Å². The van der Waals surface area contributed by atoms with Crippen molar-refractivity contribution in [3.05, 3.63) is 54.1 Å². The highest BCUT2D eigenvalue weighted by atomic mass is 16.1. The SMILES string of the molecule is CCC(NC(=O)c1ccccc1)c1ncc[nH]1. The molecule has 0 saturated heterocycles. The van der Waals surface area contributed by atoms with Gasteiger partial charge in [0.05, 0.1) is 6.04 Å². The molecule has 0 aliphatic carbocycles. The highest BCUT2D eigenvalue weighted by Crippen LogP contribution is 2.12. The van der Waals surface area contributed by atoms with Crippen LogP contribution in [0.4, 0.5) is 0 Å². The largest absolute Gasteiger partial charge is 0.347 e. The molecule has 0 aliphatic rings. The summed E-state index contributed by atoms with van der Waals surface area (Å²) in [6.45, 7) is 2.01. The molecule has 1 unspecified atom stereocenters. The molecule has 1 aromatic heterocycles. The van der Waals surface area contributed by atoms with E-state index in [4.69, 9.17) is 0 Å². The van der Waals surface area contributed by atoms with Crippen LogP contribution >= 0.6 is 0 Å². The molecule has 0 saturated carbocycles. The Morgan fingerprint density at radius 2 is 2.18 bits per heavy atom. The fourth-order valence-corrected chi connectivity index (χ4v) is 1.66. The minimum Gasteiger partial charge on any atom is -0.347 e. The maximum atomic E-state index is 12.0. The summed E-state index contributed by atoms with van der Waals surface area (Å²) in [6.07, 6.45) is 4.24. The molecule has 2 N–H and O–H groups in total. The summed E-state index contributed by atoms with van der Waals surface area (Å²) in [4.78, 5) is 19.1. The number of imidazole rings is 1. The van der Waals surface area contributed by atoms with Gasteiger partial charge in [-0.2, -0.15) is 0 Å². The molecule has 0 spiro atoms. The zero-order valence-corrected chi connectivity index (χ0v) is 9.68. The van der Waals surface area contributed by atoms with Gasteiger partial charge in [-0.3, -0.25) is 4.79 Å². The molecule has 0 bridgehead atoms. The molecule has 2 aromatic rings. The highest BCUT2D eigenvalue weighted by Gasteiger charge is 2.15. The first-order valence-electron chi connectivity index (χ1n) is 5.66. The Morgan fingerprint density at radius 1 is 1.41 bits per heavy atom. The van der Waals surface area contributed by atoms with Crippen molar-refractivity contribution in [2.45, 2.75) is 19.4 Å². The Morgan fingerprint density at radius 3 is 2.76 bits per heavy atom. The number of amides is 1. The second kappa shape index (κ2) is 5.30. The van der Waals surface area contributed by atoms with Gasteiger partial charge in [0, 0.05) is 18.0 Å². The molecular weight excluding hydrogens is 214 g/mol. The molecule has 1 amide bonds. The summed E-state index contributed by atoms with van der Waals surface area (Å²) >= 11 is 0. The first-order chi connectivity index (χ1) is 8.31. The molecule has 4 heteroatoms. The van der Waals surface area contributed by atoms with Gasteiger partial charge >= 0.3 is 0 Å². The second-order valence-corrected chi connectivity index (χ2v) is 3.77. The topological polar surface area (TPSA) is 57.8 Å². The van der Waals surface area contributed by atoms with Crippen LogP contribution in [0.25, 0.3) is 0 Å². The van der Waals surface area contributed by atoms with Crippen molar-refractivity contribution in [2.24, 2.45) is 0 Å². The van der Waals surface area contributed by atoms with Crippen LogP contribution in [0.2, 0.25) is 0 Å². The molecule has 1 aromatic carbocycles. The van der Waals surface area contributed by atoms with Crippen LogP contribution in [0.1, 0.15) is 35.6 Å². The van der Waals surface area contributed by atoms with Crippen molar-refractivity contribution in [1.29, 1.82) is 0 Å². The lowest BCUT2D eigenvalue weighted by molar-refractivity contribution is 0.0934. The van der Waals surface area contributed by atoms with Crippen molar-refractivity contribution >= 4 is 5.91 Å². The number of rotatable bonds is 4. The van der Waals surface area contributed by atoms with Gasteiger partial charge in [0.15, 0.2) is 0 Å². The number of H-pyrrole nitrogens is 1. The van der Waals surface area contributed by atoms with Crippen LogP contribution in [0, 0.1) is 0 Å². The minimum atomic E-state index is -0.0751. The van der Waals surface area contributed by atoms with Gasteiger partial charge in [-0.05, 0) is 18.6 Å². The number of hydrogen-bond acceptors (Lipinski definition) is 2. The summed E-state index contributed by atoms with van der Waals surface area (Å²) < 4.78 is 0. The summed E-state index contributed by atoms with van der Waals surface area (Å²) in [5.41, 5.74) is 0.664. The van der Waals surface area contributed by atoms with Crippen LogP contribution < -0.4 is 5.32 Å². The molecular formula is C13H15N3O. The van der Waals surface area contributed by atoms with E-state index in [1.165, 1.54) is 0 Å². The number of nitrogens with one attached hydrogen (secondary N) is 2. The Kier molecular flexibility index (Phi) is 3.55.